The molecule has 4 aromatic rings. The zero-order valence-corrected chi connectivity index (χ0v) is 24.0. The first-order valence-corrected chi connectivity index (χ1v) is 13.7. The number of hydrogen-bond acceptors (Lipinski definition) is 3. The van der Waals surface area contributed by atoms with E-state index in [2.05, 4.69) is 82.3 Å². The summed E-state index contributed by atoms with van der Waals surface area (Å²) >= 11 is 5.85. The average molecular weight is 538 g/mol. The van der Waals surface area contributed by atoms with Crippen LogP contribution in [0.5, 0.6) is 0 Å². The van der Waals surface area contributed by atoms with Gasteiger partial charge in [-0.1, -0.05) is 35.9 Å². The van der Waals surface area contributed by atoms with Crippen LogP contribution in [0.15, 0.2) is 72.9 Å². The Morgan fingerprint density at radius 1 is 0.974 bits per heavy atom. The SMILES string of the molecule is Cc1ccc(-n2c(C)cc([C@@H]3[C@H](c4ccccn4)NC(=S)N3CCC(=O)Nc3cc(C)ccc3C)c2C)cc1. The second-order valence-electron chi connectivity index (χ2n) is 10.4. The van der Waals surface area contributed by atoms with Crippen molar-refractivity contribution in [1.29, 1.82) is 0 Å². The lowest BCUT2D eigenvalue weighted by molar-refractivity contribution is -0.116. The van der Waals surface area contributed by atoms with Crippen LogP contribution in [0.1, 0.15) is 57.8 Å². The molecule has 2 atom stereocenters. The van der Waals surface area contributed by atoms with Crippen molar-refractivity contribution in [3.8, 4) is 5.69 Å². The van der Waals surface area contributed by atoms with E-state index in [1.54, 1.807) is 0 Å². The Hall–Kier alpha value is -3.97. The van der Waals surface area contributed by atoms with Crippen molar-refractivity contribution in [3.05, 3.63) is 112 Å². The molecule has 3 heterocycles. The molecule has 200 valence electrons. The van der Waals surface area contributed by atoms with E-state index < -0.39 is 0 Å². The summed E-state index contributed by atoms with van der Waals surface area (Å²) in [5.74, 6) is -0.0309. The van der Waals surface area contributed by atoms with E-state index in [1.165, 1.54) is 11.1 Å². The molecule has 1 fully saturated rings. The molecule has 2 aromatic heterocycles. The number of benzene rings is 2. The maximum absolute atomic E-state index is 13.1. The molecule has 7 heteroatoms. The third kappa shape index (κ3) is 5.45. The van der Waals surface area contributed by atoms with Crippen LogP contribution in [0.4, 0.5) is 5.69 Å². The van der Waals surface area contributed by atoms with Gasteiger partial charge in [0.1, 0.15) is 0 Å². The molecule has 0 unspecified atom stereocenters. The predicted molar refractivity (Wildman–Crippen MR) is 161 cm³/mol. The van der Waals surface area contributed by atoms with Gasteiger partial charge in [-0.05, 0) is 99.9 Å². The Labute approximate surface area is 236 Å². The molecule has 2 N–H and O–H groups in total. The number of rotatable bonds is 7. The summed E-state index contributed by atoms with van der Waals surface area (Å²) in [5.41, 5.74) is 9.77. The minimum atomic E-state index is -0.132. The Bertz CT molecular complexity index is 1510. The molecule has 1 amide bonds. The average Bonchev–Trinajstić information content (AvgIpc) is 3.40. The maximum atomic E-state index is 13.1. The molecule has 39 heavy (non-hydrogen) atoms. The highest BCUT2D eigenvalue weighted by Gasteiger charge is 2.41. The number of aromatic nitrogens is 2. The lowest BCUT2D eigenvalue weighted by Crippen LogP contribution is -2.33. The quantitative estimate of drug-likeness (QED) is 0.267. The fourth-order valence-corrected chi connectivity index (χ4v) is 5.80. The number of aryl methyl sites for hydroxylation is 4. The summed E-state index contributed by atoms with van der Waals surface area (Å²) in [6, 6.07) is 22.6. The van der Waals surface area contributed by atoms with Gasteiger partial charge in [0, 0.05) is 41.9 Å². The fraction of sp³-hybridized carbons (Fsp3) is 0.281. The number of pyridine rings is 1. The van der Waals surface area contributed by atoms with Crippen LogP contribution in [0.3, 0.4) is 0 Å². The van der Waals surface area contributed by atoms with Gasteiger partial charge in [0.25, 0.3) is 0 Å². The lowest BCUT2D eigenvalue weighted by atomic mass is 9.96. The zero-order valence-electron chi connectivity index (χ0n) is 23.2. The number of carbonyl (C=O) groups excluding carboxylic acids is 1. The number of carbonyl (C=O) groups is 1. The third-order valence-corrected chi connectivity index (χ3v) is 7.88. The monoisotopic (exact) mass is 537 g/mol. The van der Waals surface area contributed by atoms with Gasteiger partial charge in [-0.25, -0.2) is 0 Å². The Kier molecular flexibility index (Phi) is 7.53. The van der Waals surface area contributed by atoms with Gasteiger partial charge >= 0.3 is 0 Å². The molecule has 0 radical (unpaired) electrons. The highest BCUT2D eigenvalue weighted by molar-refractivity contribution is 7.80. The lowest BCUT2D eigenvalue weighted by Gasteiger charge is -2.28. The van der Waals surface area contributed by atoms with Crippen LogP contribution < -0.4 is 10.6 Å². The molecule has 5 rings (SSSR count). The van der Waals surface area contributed by atoms with Crippen molar-refractivity contribution in [3.63, 3.8) is 0 Å². The van der Waals surface area contributed by atoms with Crippen LogP contribution in [-0.4, -0.2) is 32.0 Å². The van der Waals surface area contributed by atoms with Crippen molar-refractivity contribution < 1.29 is 4.79 Å². The molecule has 1 aliphatic rings. The minimum Gasteiger partial charge on any atom is -0.352 e. The molecule has 6 nitrogen and oxygen atoms in total. The molecule has 2 aromatic carbocycles. The van der Waals surface area contributed by atoms with Crippen molar-refractivity contribution in [2.45, 2.75) is 53.1 Å². The first-order valence-electron chi connectivity index (χ1n) is 13.3. The zero-order chi connectivity index (χ0) is 27.7. The number of hydrogen-bond donors (Lipinski definition) is 2. The second-order valence-corrected chi connectivity index (χ2v) is 10.8. The van der Waals surface area contributed by atoms with E-state index in [9.17, 15) is 4.79 Å². The summed E-state index contributed by atoms with van der Waals surface area (Å²) in [4.78, 5) is 19.9. The first-order chi connectivity index (χ1) is 18.7. The number of anilines is 1. The van der Waals surface area contributed by atoms with Gasteiger partial charge < -0.3 is 20.1 Å². The summed E-state index contributed by atoms with van der Waals surface area (Å²) < 4.78 is 2.29. The molecule has 1 saturated heterocycles. The van der Waals surface area contributed by atoms with Crippen molar-refractivity contribution >= 4 is 28.9 Å². The predicted octanol–water partition coefficient (Wildman–Crippen LogP) is 6.42. The van der Waals surface area contributed by atoms with Gasteiger partial charge in [-0.2, -0.15) is 0 Å². The number of nitrogens with zero attached hydrogens (tertiary/aromatic N) is 3. The Morgan fingerprint density at radius 3 is 2.44 bits per heavy atom. The van der Waals surface area contributed by atoms with Crippen LogP contribution >= 0.6 is 12.2 Å². The molecule has 0 spiro atoms. The van der Waals surface area contributed by atoms with E-state index in [-0.39, 0.29) is 18.0 Å². The number of thiocarbonyl (C=S) groups is 1. The summed E-state index contributed by atoms with van der Waals surface area (Å²) in [6.07, 6.45) is 2.13. The normalized spacial score (nSPS) is 16.8. The van der Waals surface area contributed by atoms with E-state index >= 15 is 0 Å². The second kappa shape index (κ2) is 11.0. The molecular formula is C32H35N5OS. The number of nitrogens with one attached hydrogen (secondary N) is 2. The molecule has 0 saturated carbocycles. The minimum absolute atomic E-state index is 0.0309. The summed E-state index contributed by atoms with van der Waals surface area (Å²) in [5, 5.41) is 7.24. The third-order valence-electron chi connectivity index (χ3n) is 7.53. The van der Waals surface area contributed by atoms with Crippen LogP contribution in [0.25, 0.3) is 5.69 Å². The van der Waals surface area contributed by atoms with E-state index in [0.29, 0.717) is 18.1 Å². The smallest absolute Gasteiger partial charge is 0.226 e. The standard InChI is InChI=1S/C32H35N5OS/c1-20-10-13-25(14-11-20)37-23(4)19-26(24(37)5)31-30(27-8-6-7-16-33-27)35-32(39)36(31)17-15-29(38)34-28-18-21(2)9-12-22(28)3/h6-14,16,18-19,30-31H,15,17H2,1-5H3,(H,34,38)(H,35,39)/t30-,31+/m0/s1. The largest absolute Gasteiger partial charge is 0.352 e. The Morgan fingerprint density at radius 2 is 1.72 bits per heavy atom. The maximum Gasteiger partial charge on any atom is 0.226 e. The van der Waals surface area contributed by atoms with Gasteiger partial charge in [0.05, 0.1) is 17.8 Å². The van der Waals surface area contributed by atoms with Crippen molar-refractivity contribution in [2.24, 2.45) is 0 Å². The van der Waals surface area contributed by atoms with E-state index in [1.807, 2.05) is 50.4 Å². The Balaban J connectivity index is 1.46. The number of amides is 1. The molecule has 1 aliphatic heterocycles. The topological polar surface area (TPSA) is 62.2 Å². The van der Waals surface area contributed by atoms with Gasteiger partial charge in [-0.15, -0.1) is 0 Å². The van der Waals surface area contributed by atoms with Gasteiger partial charge in [0.2, 0.25) is 5.91 Å². The van der Waals surface area contributed by atoms with E-state index in [4.69, 9.17) is 12.2 Å². The van der Waals surface area contributed by atoms with Crippen molar-refractivity contribution in [1.82, 2.24) is 19.8 Å². The summed E-state index contributed by atoms with van der Waals surface area (Å²) in [7, 11) is 0. The highest BCUT2D eigenvalue weighted by Crippen LogP contribution is 2.41. The van der Waals surface area contributed by atoms with Crippen LogP contribution in [0.2, 0.25) is 0 Å². The highest BCUT2D eigenvalue weighted by atomic mass is 32.1. The molecule has 0 bridgehead atoms. The fourth-order valence-electron chi connectivity index (χ4n) is 5.47. The molecular weight excluding hydrogens is 502 g/mol. The summed E-state index contributed by atoms with van der Waals surface area (Å²) in [6.45, 7) is 10.9. The van der Waals surface area contributed by atoms with E-state index in [0.717, 1.165) is 39.6 Å². The van der Waals surface area contributed by atoms with Crippen LogP contribution in [0, 0.1) is 34.6 Å². The van der Waals surface area contributed by atoms with Gasteiger partial charge in [0.15, 0.2) is 5.11 Å². The molecule has 0 aliphatic carbocycles. The van der Waals surface area contributed by atoms with Gasteiger partial charge in [-0.3, -0.25) is 9.78 Å². The van der Waals surface area contributed by atoms with Crippen LogP contribution in [-0.2, 0) is 4.79 Å². The van der Waals surface area contributed by atoms with Crippen molar-refractivity contribution in [2.75, 3.05) is 11.9 Å². The first kappa shape index (κ1) is 26.6.